The van der Waals surface area contributed by atoms with Gasteiger partial charge in [-0.05, 0) is 55.0 Å². The standard InChI is InChI=1S/C23H29NO6S.Na/c1-2-3-4-5-6-7-16-30-20-12-8-18(9-13-20)22(25)17-23(26)24-19-10-14-21(15-11-19)31(27,28)29;/h8-15H,2-7,16-17H2,1H3,(H,24,26)(H,27,28,29);/q;+1/p-1. The SMILES string of the molecule is CCCCCCCCOc1ccc(C(=O)CC(=O)Nc2ccc(S(=O)(=O)[O-])cc2)cc1.[Na+]. The van der Waals surface area contributed by atoms with Gasteiger partial charge in [0.1, 0.15) is 15.9 Å². The third kappa shape index (κ3) is 10.3. The van der Waals surface area contributed by atoms with Crippen molar-refractivity contribution in [3.63, 3.8) is 0 Å². The minimum Gasteiger partial charge on any atom is -0.744 e. The molecule has 32 heavy (non-hydrogen) atoms. The Labute approximate surface area is 212 Å². The van der Waals surface area contributed by atoms with Crippen LogP contribution in [0.25, 0.3) is 0 Å². The van der Waals surface area contributed by atoms with Gasteiger partial charge in [-0.1, -0.05) is 39.0 Å². The summed E-state index contributed by atoms with van der Waals surface area (Å²) in [7, 11) is -4.55. The largest absolute Gasteiger partial charge is 1.00 e. The quantitative estimate of drug-likeness (QED) is 0.157. The van der Waals surface area contributed by atoms with E-state index >= 15 is 0 Å². The molecule has 0 spiro atoms. The zero-order valence-electron chi connectivity index (χ0n) is 18.6. The molecule has 0 saturated carbocycles. The molecule has 0 saturated heterocycles. The number of carbonyl (C=O) groups excluding carboxylic acids is 2. The van der Waals surface area contributed by atoms with Gasteiger partial charge in [-0.2, -0.15) is 0 Å². The second-order valence-electron chi connectivity index (χ2n) is 7.27. The zero-order valence-corrected chi connectivity index (χ0v) is 21.4. The molecule has 2 rings (SSSR count). The first kappa shape index (κ1) is 28.3. The van der Waals surface area contributed by atoms with Gasteiger partial charge in [0, 0.05) is 11.3 Å². The Morgan fingerprint density at radius 2 is 1.50 bits per heavy atom. The van der Waals surface area contributed by atoms with Crippen molar-refractivity contribution in [1.29, 1.82) is 0 Å². The fourth-order valence-electron chi connectivity index (χ4n) is 2.97. The molecule has 0 bridgehead atoms. The molecule has 0 atom stereocenters. The molecule has 0 radical (unpaired) electrons. The van der Waals surface area contributed by atoms with E-state index in [-0.39, 0.29) is 46.7 Å². The predicted octanol–water partition coefficient (Wildman–Crippen LogP) is 1.55. The van der Waals surface area contributed by atoms with Gasteiger partial charge in [-0.25, -0.2) is 8.42 Å². The summed E-state index contributed by atoms with van der Waals surface area (Å²) in [6, 6.07) is 11.5. The Balaban J connectivity index is 0.00000512. The average molecular weight is 470 g/mol. The number of carbonyl (C=O) groups is 2. The number of hydrogen-bond acceptors (Lipinski definition) is 6. The van der Waals surface area contributed by atoms with Crippen molar-refractivity contribution in [2.75, 3.05) is 11.9 Å². The number of hydrogen-bond donors (Lipinski definition) is 1. The van der Waals surface area contributed by atoms with Crippen LogP contribution in [0.15, 0.2) is 53.4 Å². The molecule has 1 N–H and O–H groups in total. The predicted molar refractivity (Wildman–Crippen MR) is 117 cm³/mol. The smallest absolute Gasteiger partial charge is 0.744 e. The molecule has 2 aromatic carbocycles. The third-order valence-corrected chi connectivity index (χ3v) is 5.54. The van der Waals surface area contributed by atoms with Crippen LogP contribution in [0, 0.1) is 0 Å². The Morgan fingerprint density at radius 3 is 2.09 bits per heavy atom. The molecule has 9 heteroatoms. The Bertz CT molecular complexity index is 959. The van der Waals surface area contributed by atoms with Crippen LogP contribution >= 0.6 is 0 Å². The van der Waals surface area contributed by atoms with E-state index in [0.29, 0.717) is 23.6 Å². The van der Waals surface area contributed by atoms with Gasteiger partial charge in [0.15, 0.2) is 5.78 Å². The summed E-state index contributed by atoms with van der Waals surface area (Å²) in [6.07, 6.45) is 6.74. The van der Waals surface area contributed by atoms with Gasteiger partial charge in [-0.3, -0.25) is 9.59 Å². The number of ether oxygens (including phenoxy) is 1. The van der Waals surface area contributed by atoms with Crippen LogP contribution in [0.4, 0.5) is 5.69 Å². The van der Waals surface area contributed by atoms with E-state index in [1.165, 1.54) is 37.8 Å². The minimum atomic E-state index is -4.55. The van der Waals surface area contributed by atoms with Crippen LogP contribution in [0.5, 0.6) is 5.75 Å². The van der Waals surface area contributed by atoms with Crippen molar-refractivity contribution in [2.24, 2.45) is 0 Å². The van der Waals surface area contributed by atoms with Crippen molar-refractivity contribution >= 4 is 27.5 Å². The summed E-state index contributed by atoms with van der Waals surface area (Å²) in [5.41, 5.74) is 0.693. The van der Waals surface area contributed by atoms with Gasteiger partial charge in [-0.15, -0.1) is 0 Å². The summed E-state index contributed by atoms with van der Waals surface area (Å²) < 4.78 is 38.4. The first-order valence-electron chi connectivity index (χ1n) is 10.4. The van der Waals surface area contributed by atoms with Crippen molar-refractivity contribution in [3.8, 4) is 5.75 Å². The number of Topliss-reactive ketones (excluding diaryl/α,β-unsaturated/α-hetero) is 1. The van der Waals surface area contributed by atoms with E-state index in [1.54, 1.807) is 24.3 Å². The van der Waals surface area contributed by atoms with Crippen LogP contribution in [-0.2, 0) is 14.9 Å². The summed E-state index contributed by atoms with van der Waals surface area (Å²) in [5, 5.41) is 2.50. The number of ketones is 1. The summed E-state index contributed by atoms with van der Waals surface area (Å²) in [6.45, 7) is 2.82. The fourth-order valence-corrected chi connectivity index (χ4v) is 3.44. The van der Waals surface area contributed by atoms with Gasteiger partial charge >= 0.3 is 29.6 Å². The summed E-state index contributed by atoms with van der Waals surface area (Å²) >= 11 is 0. The number of unbranched alkanes of at least 4 members (excludes halogenated alkanes) is 5. The second kappa shape index (κ2) is 14.4. The van der Waals surface area contributed by atoms with Gasteiger partial charge in [0.2, 0.25) is 5.91 Å². The molecule has 0 unspecified atom stereocenters. The van der Waals surface area contributed by atoms with Gasteiger partial charge < -0.3 is 14.6 Å². The zero-order chi connectivity index (χ0) is 22.7. The summed E-state index contributed by atoms with van der Waals surface area (Å²) in [4.78, 5) is 24.0. The molecule has 0 aromatic heterocycles. The monoisotopic (exact) mass is 469 g/mol. The molecule has 0 aliphatic rings. The maximum atomic E-state index is 12.3. The molecule has 1 amide bonds. The molecule has 7 nitrogen and oxygen atoms in total. The van der Waals surface area contributed by atoms with Crippen molar-refractivity contribution < 1.29 is 56.9 Å². The van der Waals surface area contributed by atoms with E-state index in [0.717, 1.165) is 25.0 Å². The number of amides is 1. The van der Waals surface area contributed by atoms with Crippen LogP contribution in [0.1, 0.15) is 62.2 Å². The van der Waals surface area contributed by atoms with Gasteiger partial charge in [0.05, 0.1) is 17.9 Å². The third-order valence-electron chi connectivity index (χ3n) is 4.69. The van der Waals surface area contributed by atoms with Crippen LogP contribution in [0.3, 0.4) is 0 Å². The minimum absolute atomic E-state index is 0. The summed E-state index contributed by atoms with van der Waals surface area (Å²) in [5.74, 6) is -0.201. The number of benzene rings is 2. The maximum absolute atomic E-state index is 12.3. The topological polar surface area (TPSA) is 113 Å². The van der Waals surface area contributed by atoms with Gasteiger partial charge in [0.25, 0.3) is 0 Å². The van der Waals surface area contributed by atoms with E-state index in [9.17, 15) is 22.6 Å². The molecular formula is C23H28NNaO6S. The molecule has 2 aromatic rings. The second-order valence-corrected chi connectivity index (χ2v) is 8.65. The van der Waals surface area contributed by atoms with E-state index in [1.807, 2.05) is 0 Å². The number of anilines is 1. The molecule has 0 aliphatic carbocycles. The van der Waals surface area contributed by atoms with Crippen molar-refractivity contribution in [3.05, 3.63) is 54.1 Å². The number of nitrogens with one attached hydrogen (secondary N) is 1. The molecule has 0 heterocycles. The first-order valence-corrected chi connectivity index (χ1v) is 11.8. The first-order chi connectivity index (χ1) is 14.8. The average Bonchev–Trinajstić information content (AvgIpc) is 2.73. The molecule has 0 fully saturated rings. The molecule has 168 valence electrons. The number of rotatable bonds is 13. The fraction of sp³-hybridized carbons (Fsp3) is 0.391. The molecule has 0 aliphatic heterocycles. The Kier molecular flexibility index (Phi) is 12.8. The van der Waals surface area contributed by atoms with Crippen molar-refractivity contribution in [1.82, 2.24) is 0 Å². The van der Waals surface area contributed by atoms with Crippen LogP contribution in [-0.4, -0.2) is 31.3 Å². The normalized spacial score (nSPS) is 10.8. The van der Waals surface area contributed by atoms with Crippen LogP contribution < -0.4 is 39.6 Å². The van der Waals surface area contributed by atoms with E-state index in [2.05, 4.69) is 12.2 Å². The van der Waals surface area contributed by atoms with E-state index < -0.39 is 16.0 Å². The van der Waals surface area contributed by atoms with Crippen LogP contribution in [0.2, 0.25) is 0 Å². The van der Waals surface area contributed by atoms with E-state index in [4.69, 9.17) is 4.74 Å². The molecular weight excluding hydrogens is 441 g/mol. The maximum Gasteiger partial charge on any atom is 1.00 e. The van der Waals surface area contributed by atoms with Crippen molar-refractivity contribution in [2.45, 2.75) is 56.8 Å². The Hall–Kier alpha value is -1.71. The Morgan fingerprint density at radius 1 is 0.906 bits per heavy atom.